The lowest BCUT2D eigenvalue weighted by Crippen LogP contribution is -2.25. The van der Waals surface area contributed by atoms with Gasteiger partial charge in [0.25, 0.3) is 0 Å². The highest BCUT2D eigenvalue weighted by Gasteiger charge is 1.96. The molecule has 0 unspecified atom stereocenters. The lowest BCUT2D eigenvalue weighted by molar-refractivity contribution is -0.116. The first-order chi connectivity index (χ1) is 7.66. The van der Waals surface area contributed by atoms with Gasteiger partial charge in [0.15, 0.2) is 0 Å². The van der Waals surface area contributed by atoms with Crippen molar-refractivity contribution in [3.05, 3.63) is 36.5 Å². The first-order valence-electron chi connectivity index (χ1n) is 5.89. The van der Waals surface area contributed by atoms with Crippen LogP contribution < -0.4 is 5.32 Å². The van der Waals surface area contributed by atoms with Gasteiger partial charge in [-0.2, -0.15) is 0 Å². The zero-order chi connectivity index (χ0) is 12.2. The van der Waals surface area contributed by atoms with Crippen LogP contribution in [0, 0.1) is 5.92 Å². The number of amides is 1. The zero-order valence-electron chi connectivity index (χ0n) is 10.6. The summed E-state index contributed by atoms with van der Waals surface area (Å²) in [7, 11) is 0. The van der Waals surface area contributed by atoms with Crippen LogP contribution in [-0.4, -0.2) is 12.5 Å². The molecule has 0 heterocycles. The molecule has 0 aromatic heterocycles. The quantitative estimate of drug-likeness (QED) is 0.399. The summed E-state index contributed by atoms with van der Waals surface area (Å²) in [6.45, 7) is 6.89. The summed E-state index contributed by atoms with van der Waals surface area (Å²) in [4.78, 5) is 11.3. The Kier molecular flexibility index (Phi) is 9.38. The molecule has 0 fully saturated rings. The summed E-state index contributed by atoms with van der Waals surface area (Å²) in [5.41, 5.74) is 0. The number of hydrogen-bond donors (Lipinski definition) is 1. The fourth-order valence-electron chi connectivity index (χ4n) is 1.03. The summed E-state index contributed by atoms with van der Waals surface area (Å²) in [5.74, 6) is 0.507. The first kappa shape index (κ1) is 14.7. The number of nitrogens with one attached hydrogen (secondary N) is 1. The normalized spacial score (nSPS) is 12.2. The molecule has 0 saturated carbocycles. The van der Waals surface area contributed by atoms with Crippen LogP contribution in [0.2, 0.25) is 0 Å². The fraction of sp³-hybridized carbons (Fsp3) is 0.500. The van der Waals surface area contributed by atoms with Gasteiger partial charge in [-0.25, -0.2) is 0 Å². The highest BCUT2D eigenvalue weighted by molar-refractivity contribution is 5.87. The number of carbonyl (C=O) groups is 1. The van der Waals surface area contributed by atoms with E-state index in [4.69, 9.17) is 0 Å². The molecule has 0 rings (SSSR count). The molecule has 0 radical (unpaired) electrons. The summed E-state index contributed by atoms with van der Waals surface area (Å²) >= 11 is 0. The minimum absolute atomic E-state index is 0.00568. The van der Waals surface area contributed by atoms with Crippen LogP contribution in [0.25, 0.3) is 0 Å². The minimum atomic E-state index is 0.00568. The Morgan fingerprint density at radius 3 is 2.50 bits per heavy atom. The van der Waals surface area contributed by atoms with E-state index in [0.29, 0.717) is 5.92 Å². The Bertz CT molecular complexity index is 262. The van der Waals surface area contributed by atoms with Crippen molar-refractivity contribution in [2.45, 2.75) is 33.6 Å². The van der Waals surface area contributed by atoms with E-state index in [-0.39, 0.29) is 5.91 Å². The average Bonchev–Trinajstić information content (AvgIpc) is 2.25. The summed E-state index contributed by atoms with van der Waals surface area (Å²) < 4.78 is 0. The Labute approximate surface area is 99.1 Å². The minimum Gasteiger partial charge on any atom is -0.352 e. The van der Waals surface area contributed by atoms with Gasteiger partial charge in [0.2, 0.25) is 5.91 Å². The third kappa shape index (κ3) is 10.8. The van der Waals surface area contributed by atoms with Crippen LogP contribution in [0.1, 0.15) is 33.6 Å². The molecule has 0 aromatic carbocycles. The standard InChI is InChI=1S/C14H23NO/c1-4-5-6-7-8-9-10-11-14(16)15-12-13(2)3/h4-7,10-11,13H,8-9,12H2,1-3H3,(H,15,16)/b5-4?,7-6?,11-10+. The van der Waals surface area contributed by atoms with Crippen LogP contribution in [0.5, 0.6) is 0 Å². The molecule has 90 valence electrons. The highest BCUT2D eigenvalue weighted by atomic mass is 16.1. The molecule has 0 spiro atoms. The third-order valence-corrected chi connectivity index (χ3v) is 1.89. The van der Waals surface area contributed by atoms with E-state index >= 15 is 0 Å². The molecular formula is C14H23NO. The molecule has 0 saturated heterocycles. The molecule has 2 nitrogen and oxygen atoms in total. The molecule has 1 amide bonds. The fourth-order valence-corrected chi connectivity index (χ4v) is 1.03. The van der Waals surface area contributed by atoms with Crippen molar-refractivity contribution in [1.82, 2.24) is 5.32 Å². The van der Waals surface area contributed by atoms with Crippen LogP contribution in [0.3, 0.4) is 0 Å². The van der Waals surface area contributed by atoms with Gasteiger partial charge < -0.3 is 5.32 Å². The second kappa shape index (κ2) is 10.2. The van der Waals surface area contributed by atoms with Gasteiger partial charge in [-0.1, -0.05) is 44.2 Å². The predicted molar refractivity (Wildman–Crippen MR) is 70.2 cm³/mol. The van der Waals surface area contributed by atoms with Gasteiger partial charge in [0.1, 0.15) is 0 Å². The molecule has 0 aromatic rings. The Morgan fingerprint density at radius 2 is 1.88 bits per heavy atom. The van der Waals surface area contributed by atoms with Crippen molar-refractivity contribution in [2.24, 2.45) is 5.92 Å². The van der Waals surface area contributed by atoms with Crippen LogP contribution in [-0.2, 0) is 4.79 Å². The lowest BCUT2D eigenvalue weighted by atomic mass is 10.2. The Morgan fingerprint density at radius 1 is 1.19 bits per heavy atom. The van der Waals surface area contributed by atoms with Crippen molar-refractivity contribution >= 4 is 5.91 Å². The molecule has 0 aliphatic carbocycles. The summed E-state index contributed by atoms with van der Waals surface area (Å²) in [5, 5.41) is 2.84. The molecule has 0 aliphatic heterocycles. The first-order valence-corrected chi connectivity index (χ1v) is 5.89. The Balaban J connectivity index is 3.56. The maximum atomic E-state index is 11.3. The van der Waals surface area contributed by atoms with E-state index in [1.807, 2.05) is 31.2 Å². The van der Waals surface area contributed by atoms with Gasteiger partial charge in [-0.05, 0) is 31.8 Å². The topological polar surface area (TPSA) is 29.1 Å². The number of hydrogen-bond acceptors (Lipinski definition) is 1. The van der Waals surface area contributed by atoms with E-state index in [1.54, 1.807) is 6.08 Å². The maximum Gasteiger partial charge on any atom is 0.243 e. The highest BCUT2D eigenvalue weighted by Crippen LogP contribution is 1.93. The second-order valence-corrected chi connectivity index (χ2v) is 4.07. The van der Waals surface area contributed by atoms with Crippen molar-refractivity contribution in [1.29, 1.82) is 0 Å². The van der Waals surface area contributed by atoms with Crippen LogP contribution in [0.4, 0.5) is 0 Å². The molecule has 0 atom stereocenters. The monoisotopic (exact) mass is 221 g/mol. The number of rotatable bonds is 7. The molecule has 1 N–H and O–H groups in total. The van der Waals surface area contributed by atoms with Crippen molar-refractivity contribution < 1.29 is 4.79 Å². The number of unbranched alkanes of at least 4 members (excludes halogenated alkanes) is 1. The van der Waals surface area contributed by atoms with E-state index in [9.17, 15) is 4.79 Å². The number of carbonyl (C=O) groups excluding carboxylic acids is 1. The van der Waals surface area contributed by atoms with Crippen molar-refractivity contribution in [2.75, 3.05) is 6.54 Å². The van der Waals surface area contributed by atoms with Crippen LogP contribution in [0.15, 0.2) is 36.5 Å². The Hall–Kier alpha value is -1.31. The molecule has 0 aliphatic rings. The lowest BCUT2D eigenvalue weighted by Gasteiger charge is -2.03. The van der Waals surface area contributed by atoms with E-state index in [0.717, 1.165) is 19.4 Å². The van der Waals surface area contributed by atoms with Gasteiger partial charge >= 0.3 is 0 Å². The maximum absolute atomic E-state index is 11.3. The smallest absolute Gasteiger partial charge is 0.243 e. The second-order valence-electron chi connectivity index (χ2n) is 4.07. The van der Waals surface area contributed by atoms with Gasteiger partial charge in [-0.3, -0.25) is 4.79 Å². The molecule has 16 heavy (non-hydrogen) atoms. The largest absolute Gasteiger partial charge is 0.352 e. The third-order valence-electron chi connectivity index (χ3n) is 1.89. The average molecular weight is 221 g/mol. The zero-order valence-corrected chi connectivity index (χ0v) is 10.6. The van der Waals surface area contributed by atoms with Crippen LogP contribution >= 0.6 is 0 Å². The predicted octanol–water partition coefficient (Wildman–Crippen LogP) is 3.23. The van der Waals surface area contributed by atoms with Crippen molar-refractivity contribution in [3.8, 4) is 0 Å². The molecular weight excluding hydrogens is 198 g/mol. The number of allylic oxidation sites excluding steroid dienone is 5. The van der Waals surface area contributed by atoms with E-state index < -0.39 is 0 Å². The molecule has 0 bridgehead atoms. The van der Waals surface area contributed by atoms with E-state index in [2.05, 4.69) is 25.2 Å². The van der Waals surface area contributed by atoms with Gasteiger partial charge in [0.05, 0.1) is 0 Å². The van der Waals surface area contributed by atoms with Gasteiger partial charge in [-0.15, -0.1) is 0 Å². The molecule has 2 heteroatoms. The SMILES string of the molecule is CC=CC=CCC/C=C/C(=O)NCC(C)C. The van der Waals surface area contributed by atoms with Gasteiger partial charge in [0, 0.05) is 6.54 Å². The summed E-state index contributed by atoms with van der Waals surface area (Å²) in [6, 6.07) is 0. The summed E-state index contributed by atoms with van der Waals surface area (Å²) in [6.07, 6.45) is 13.5. The van der Waals surface area contributed by atoms with E-state index in [1.165, 1.54) is 0 Å². The van der Waals surface area contributed by atoms with Crippen molar-refractivity contribution in [3.63, 3.8) is 0 Å².